The summed E-state index contributed by atoms with van der Waals surface area (Å²) in [5.41, 5.74) is 7.96. The third-order valence-electron chi connectivity index (χ3n) is 5.61. The van der Waals surface area contributed by atoms with Crippen molar-refractivity contribution in [3.05, 3.63) is 95.1 Å². The number of nitrogens with zero attached hydrogens (tertiary/aromatic N) is 1. The molecule has 0 bridgehead atoms. The molecule has 4 aromatic rings. The molecule has 8 nitrogen and oxygen atoms in total. The first-order chi connectivity index (χ1) is 17.6. The van der Waals surface area contributed by atoms with Crippen LogP contribution in [0.5, 0.6) is 5.75 Å². The first-order valence-electron chi connectivity index (χ1n) is 10.9. The minimum Gasteiger partial charge on any atom is -0.497 e. The van der Waals surface area contributed by atoms with Crippen LogP contribution in [0.15, 0.2) is 83.9 Å². The molecule has 0 atom stereocenters. The molecule has 0 aliphatic rings. The van der Waals surface area contributed by atoms with Crippen LogP contribution in [0.1, 0.15) is 20.7 Å². The van der Waals surface area contributed by atoms with Gasteiger partial charge in [-0.15, -0.1) is 0 Å². The fraction of sp³-hybridized carbons (Fsp3) is 0.0741. The van der Waals surface area contributed by atoms with Crippen molar-refractivity contribution in [2.45, 2.75) is 4.90 Å². The molecule has 0 aliphatic heterocycles. The highest BCUT2D eigenvalue weighted by atomic mass is 35.5. The summed E-state index contributed by atoms with van der Waals surface area (Å²) in [6.45, 7) is 0. The number of pyridine rings is 1. The Morgan fingerprint density at radius 2 is 1.65 bits per heavy atom. The van der Waals surface area contributed by atoms with Crippen LogP contribution >= 0.6 is 11.6 Å². The van der Waals surface area contributed by atoms with E-state index in [0.717, 1.165) is 6.26 Å². The second-order valence-electron chi connectivity index (χ2n) is 8.12. The van der Waals surface area contributed by atoms with Gasteiger partial charge in [-0.1, -0.05) is 17.7 Å². The number of nitrogens with two attached hydrogens (primary N) is 1. The zero-order valence-electron chi connectivity index (χ0n) is 19.9. The fourth-order valence-electron chi connectivity index (χ4n) is 3.78. The topological polar surface area (TPSA) is 128 Å². The van der Waals surface area contributed by atoms with Crippen LogP contribution in [0.2, 0.25) is 5.02 Å². The van der Waals surface area contributed by atoms with Gasteiger partial charge in [-0.3, -0.25) is 14.6 Å². The number of benzene rings is 3. The van der Waals surface area contributed by atoms with Crippen LogP contribution in [0.25, 0.3) is 22.4 Å². The van der Waals surface area contributed by atoms with Crippen molar-refractivity contribution in [3.8, 4) is 28.1 Å². The average Bonchev–Trinajstić information content (AvgIpc) is 2.89. The largest absolute Gasteiger partial charge is 0.497 e. The summed E-state index contributed by atoms with van der Waals surface area (Å²) in [4.78, 5) is 30.0. The number of hydrogen-bond donors (Lipinski definition) is 2. The van der Waals surface area contributed by atoms with Crippen LogP contribution in [-0.2, 0) is 9.84 Å². The number of methoxy groups -OCH3 is 1. The molecule has 0 spiro atoms. The van der Waals surface area contributed by atoms with Crippen LogP contribution in [0.3, 0.4) is 0 Å². The molecule has 37 heavy (non-hydrogen) atoms. The molecule has 188 valence electrons. The van der Waals surface area contributed by atoms with E-state index in [0.29, 0.717) is 27.7 Å². The molecule has 10 heteroatoms. The third kappa shape index (κ3) is 5.63. The number of nitrogens with one attached hydrogen (secondary N) is 1. The lowest BCUT2D eigenvalue weighted by molar-refractivity contribution is 0.0997. The Labute approximate surface area is 219 Å². The first kappa shape index (κ1) is 25.9. The maximum absolute atomic E-state index is 13.5. The summed E-state index contributed by atoms with van der Waals surface area (Å²) < 4.78 is 29.9. The monoisotopic (exact) mass is 535 g/mol. The standard InChI is InChI=1S/C27H22ClN3O5S/c1-36-17-7-9-19(26(29)32)21(14-17)22-15-18(37(2,34)35)8-10-20(22)27(33)31-16-6-11-24(28)23(13-16)25-5-3-4-12-30-25/h3-15H,1-2H3,(H2,29,32)(H,31,33). The molecule has 3 aromatic carbocycles. The minimum atomic E-state index is -3.63. The van der Waals surface area contributed by atoms with Gasteiger partial charge in [-0.2, -0.15) is 0 Å². The minimum absolute atomic E-state index is 0.0266. The SMILES string of the molecule is COc1ccc(C(N)=O)c(-c2cc(S(C)(=O)=O)ccc2C(=O)Nc2ccc(Cl)c(-c3ccccn3)c2)c1. The molecule has 1 aromatic heterocycles. The summed E-state index contributed by atoms with van der Waals surface area (Å²) >= 11 is 6.36. The van der Waals surface area contributed by atoms with Gasteiger partial charge in [0.15, 0.2) is 9.84 Å². The number of rotatable bonds is 7. The van der Waals surface area contributed by atoms with E-state index in [1.54, 1.807) is 42.6 Å². The van der Waals surface area contributed by atoms with E-state index >= 15 is 0 Å². The van der Waals surface area contributed by atoms with Crippen molar-refractivity contribution >= 4 is 38.9 Å². The van der Waals surface area contributed by atoms with Gasteiger partial charge >= 0.3 is 0 Å². The molecule has 0 saturated carbocycles. The maximum atomic E-state index is 13.5. The Hall–Kier alpha value is -4.21. The molecule has 0 unspecified atom stereocenters. The van der Waals surface area contributed by atoms with Gasteiger partial charge in [-0.05, 0) is 77.9 Å². The van der Waals surface area contributed by atoms with Gasteiger partial charge in [0.05, 0.1) is 22.7 Å². The van der Waals surface area contributed by atoms with Crippen LogP contribution in [-0.4, -0.2) is 38.6 Å². The van der Waals surface area contributed by atoms with E-state index in [9.17, 15) is 18.0 Å². The number of carbonyl (C=O) groups is 2. The third-order valence-corrected chi connectivity index (χ3v) is 7.05. The lowest BCUT2D eigenvalue weighted by Crippen LogP contribution is -2.16. The van der Waals surface area contributed by atoms with E-state index in [-0.39, 0.29) is 27.1 Å². The highest BCUT2D eigenvalue weighted by molar-refractivity contribution is 7.90. The molecule has 0 aliphatic carbocycles. The summed E-state index contributed by atoms with van der Waals surface area (Å²) in [5, 5.41) is 3.27. The number of aromatic nitrogens is 1. The Balaban J connectivity index is 1.83. The number of hydrogen-bond acceptors (Lipinski definition) is 6. The summed E-state index contributed by atoms with van der Waals surface area (Å²) in [7, 11) is -2.18. The Morgan fingerprint density at radius 1 is 0.919 bits per heavy atom. The van der Waals surface area contributed by atoms with E-state index in [1.165, 1.54) is 37.4 Å². The molecular formula is C27H22ClN3O5S. The Morgan fingerprint density at radius 3 is 2.30 bits per heavy atom. The van der Waals surface area contributed by atoms with Crippen molar-refractivity contribution in [2.24, 2.45) is 5.73 Å². The van der Waals surface area contributed by atoms with Crippen molar-refractivity contribution in [2.75, 3.05) is 18.7 Å². The number of carbonyl (C=O) groups excluding carboxylic acids is 2. The van der Waals surface area contributed by atoms with Crippen LogP contribution < -0.4 is 15.8 Å². The number of ether oxygens (including phenoxy) is 1. The number of primary amides is 1. The molecule has 1 heterocycles. The van der Waals surface area contributed by atoms with E-state index in [2.05, 4.69) is 10.3 Å². The molecule has 4 rings (SSSR count). The molecule has 2 amide bonds. The van der Waals surface area contributed by atoms with Gasteiger partial charge in [0.1, 0.15) is 5.75 Å². The van der Waals surface area contributed by atoms with Gasteiger partial charge in [0.2, 0.25) is 5.91 Å². The van der Waals surface area contributed by atoms with E-state index in [4.69, 9.17) is 22.1 Å². The number of anilines is 1. The Bertz CT molecular complexity index is 1620. The van der Waals surface area contributed by atoms with Crippen LogP contribution in [0, 0.1) is 0 Å². The maximum Gasteiger partial charge on any atom is 0.256 e. The normalized spacial score (nSPS) is 11.1. The first-order valence-corrected chi connectivity index (χ1v) is 13.2. The van der Waals surface area contributed by atoms with Crippen molar-refractivity contribution in [1.82, 2.24) is 4.98 Å². The lowest BCUT2D eigenvalue weighted by Gasteiger charge is -2.16. The van der Waals surface area contributed by atoms with Crippen molar-refractivity contribution in [1.29, 1.82) is 0 Å². The number of amides is 2. The van der Waals surface area contributed by atoms with E-state index < -0.39 is 21.7 Å². The molecule has 0 saturated heterocycles. The quantitative estimate of drug-likeness (QED) is 0.348. The fourth-order valence-corrected chi connectivity index (χ4v) is 4.64. The van der Waals surface area contributed by atoms with Gasteiger partial charge in [-0.25, -0.2) is 8.42 Å². The highest BCUT2D eigenvalue weighted by Crippen LogP contribution is 2.34. The smallest absolute Gasteiger partial charge is 0.256 e. The highest BCUT2D eigenvalue weighted by Gasteiger charge is 2.21. The van der Waals surface area contributed by atoms with Gasteiger partial charge in [0, 0.05) is 34.8 Å². The van der Waals surface area contributed by atoms with Gasteiger partial charge < -0.3 is 15.8 Å². The average molecular weight is 536 g/mol. The van der Waals surface area contributed by atoms with E-state index in [1.807, 2.05) is 6.07 Å². The Kier molecular flexibility index (Phi) is 7.28. The second kappa shape index (κ2) is 10.4. The summed E-state index contributed by atoms with van der Waals surface area (Å²) in [6.07, 6.45) is 2.69. The second-order valence-corrected chi connectivity index (χ2v) is 10.5. The lowest BCUT2D eigenvalue weighted by atomic mass is 9.94. The summed E-state index contributed by atoms with van der Waals surface area (Å²) in [6, 6.07) is 19.0. The molecular weight excluding hydrogens is 514 g/mol. The molecule has 0 radical (unpaired) electrons. The number of halogens is 1. The number of sulfone groups is 1. The van der Waals surface area contributed by atoms with Crippen LogP contribution in [0.4, 0.5) is 5.69 Å². The zero-order chi connectivity index (χ0) is 26.7. The van der Waals surface area contributed by atoms with Crippen molar-refractivity contribution in [3.63, 3.8) is 0 Å². The zero-order valence-corrected chi connectivity index (χ0v) is 21.4. The molecule has 3 N–H and O–H groups in total. The summed E-state index contributed by atoms with van der Waals surface area (Å²) in [5.74, 6) is -0.886. The van der Waals surface area contributed by atoms with Gasteiger partial charge in [0.25, 0.3) is 5.91 Å². The predicted octanol–water partition coefficient (Wildman–Crippen LogP) is 4.83. The molecule has 0 fully saturated rings. The van der Waals surface area contributed by atoms with Crippen molar-refractivity contribution < 1.29 is 22.7 Å². The predicted molar refractivity (Wildman–Crippen MR) is 143 cm³/mol.